The number of carbonyl (C=O) groups is 5. The maximum atomic E-state index is 12.6. The van der Waals surface area contributed by atoms with Crippen molar-refractivity contribution < 1.29 is 29.1 Å². The summed E-state index contributed by atoms with van der Waals surface area (Å²) in [5.74, 6) is -3.97. The lowest BCUT2D eigenvalue weighted by Crippen LogP contribution is -2.57. The predicted octanol–water partition coefficient (Wildman–Crippen LogP) is -1.16. The van der Waals surface area contributed by atoms with Gasteiger partial charge < -0.3 is 32.5 Å². The van der Waals surface area contributed by atoms with E-state index < -0.39 is 53.8 Å². The minimum Gasteiger partial charge on any atom is -0.480 e. The first-order valence-corrected chi connectivity index (χ1v) is 9.94. The van der Waals surface area contributed by atoms with Crippen LogP contribution in [-0.4, -0.2) is 58.9 Å². The molecule has 11 heteroatoms. The summed E-state index contributed by atoms with van der Waals surface area (Å²) >= 11 is 0. The van der Waals surface area contributed by atoms with Gasteiger partial charge >= 0.3 is 5.97 Å². The molecule has 0 aliphatic carbocycles. The van der Waals surface area contributed by atoms with Crippen LogP contribution in [0.15, 0.2) is 0 Å². The second kappa shape index (κ2) is 12.8. The van der Waals surface area contributed by atoms with E-state index in [1.54, 1.807) is 27.7 Å². The second-order valence-electron chi connectivity index (χ2n) is 8.10. The van der Waals surface area contributed by atoms with Gasteiger partial charge in [0.15, 0.2) is 0 Å². The first kappa shape index (κ1) is 27.3. The van der Waals surface area contributed by atoms with Crippen molar-refractivity contribution >= 4 is 29.6 Å². The average molecular weight is 430 g/mol. The molecule has 30 heavy (non-hydrogen) atoms. The summed E-state index contributed by atoms with van der Waals surface area (Å²) in [5, 5.41) is 16.6. The van der Waals surface area contributed by atoms with Gasteiger partial charge in [0.2, 0.25) is 23.6 Å². The molecule has 0 saturated carbocycles. The largest absolute Gasteiger partial charge is 0.480 e. The van der Waals surface area contributed by atoms with Crippen molar-refractivity contribution in [3.8, 4) is 0 Å². The van der Waals surface area contributed by atoms with E-state index in [0.717, 1.165) is 0 Å². The van der Waals surface area contributed by atoms with Crippen LogP contribution >= 0.6 is 0 Å². The van der Waals surface area contributed by atoms with Gasteiger partial charge in [0.25, 0.3) is 0 Å². The van der Waals surface area contributed by atoms with Crippen molar-refractivity contribution in [1.29, 1.82) is 0 Å². The monoisotopic (exact) mass is 429 g/mol. The topological polar surface area (TPSA) is 194 Å². The van der Waals surface area contributed by atoms with Crippen molar-refractivity contribution in [2.45, 2.75) is 78.0 Å². The average Bonchev–Trinajstić information content (AvgIpc) is 2.62. The second-order valence-corrected chi connectivity index (χ2v) is 8.10. The molecular formula is C19H35N5O6. The number of carboxylic acids is 1. The molecule has 4 amide bonds. The van der Waals surface area contributed by atoms with Crippen LogP contribution in [-0.2, 0) is 24.0 Å². The Morgan fingerprint density at radius 1 is 0.833 bits per heavy atom. The highest BCUT2D eigenvalue weighted by molar-refractivity contribution is 5.94. The fourth-order valence-corrected chi connectivity index (χ4v) is 2.50. The number of carbonyl (C=O) groups excluding carboxylic acids is 4. The number of amides is 4. The number of nitrogens with one attached hydrogen (secondary N) is 3. The Balaban J connectivity index is 5.20. The van der Waals surface area contributed by atoms with Gasteiger partial charge in [-0.3, -0.25) is 19.2 Å². The summed E-state index contributed by atoms with van der Waals surface area (Å²) in [5.41, 5.74) is 10.9. The van der Waals surface area contributed by atoms with Gasteiger partial charge in [-0.25, -0.2) is 4.79 Å². The van der Waals surface area contributed by atoms with E-state index in [1.165, 1.54) is 6.92 Å². The molecule has 4 unspecified atom stereocenters. The number of nitrogens with two attached hydrogens (primary N) is 2. The highest BCUT2D eigenvalue weighted by Gasteiger charge is 2.29. The molecule has 0 heterocycles. The Kier molecular flexibility index (Phi) is 11.6. The van der Waals surface area contributed by atoms with Crippen LogP contribution in [0.4, 0.5) is 0 Å². The SMILES string of the molecule is CC(C)CC(NC(=O)C(CCC(N)=O)NC(=O)C(C)NC(=O)C(N)C(C)C)C(=O)O. The summed E-state index contributed by atoms with van der Waals surface area (Å²) in [6.07, 6.45) is -0.122. The highest BCUT2D eigenvalue weighted by atomic mass is 16.4. The smallest absolute Gasteiger partial charge is 0.326 e. The van der Waals surface area contributed by atoms with Crippen LogP contribution in [0.2, 0.25) is 0 Å². The molecule has 0 aliphatic rings. The van der Waals surface area contributed by atoms with E-state index in [0.29, 0.717) is 0 Å². The summed E-state index contributed by atoms with van der Waals surface area (Å²) in [4.78, 5) is 59.6. The first-order valence-electron chi connectivity index (χ1n) is 9.94. The van der Waals surface area contributed by atoms with Crippen LogP contribution in [0.5, 0.6) is 0 Å². The number of hydrogen-bond acceptors (Lipinski definition) is 6. The van der Waals surface area contributed by atoms with Crippen LogP contribution in [0.25, 0.3) is 0 Å². The lowest BCUT2D eigenvalue weighted by atomic mass is 10.0. The molecule has 0 aromatic rings. The first-order chi connectivity index (χ1) is 13.8. The normalized spacial score (nSPS) is 15.1. The molecule has 0 aromatic carbocycles. The minimum atomic E-state index is -1.21. The summed E-state index contributed by atoms with van der Waals surface area (Å²) < 4.78 is 0. The third-order valence-corrected chi connectivity index (χ3v) is 4.41. The third-order valence-electron chi connectivity index (χ3n) is 4.41. The molecule has 0 aromatic heterocycles. The molecule has 0 fully saturated rings. The molecule has 0 bridgehead atoms. The molecule has 0 saturated heterocycles. The van der Waals surface area contributed by atoms with E-state index in [1.807, 2.05) is 0 Å². The molecule has 172 valence electrons. The Hall–Kier alpha value is -2.69. The van der Waals surface area contributed by atoms with Crippen molar-refractivity contribution in [2.24, 2.45) is 23.3 Å². The summed E-state index contributed by atoms with van der Waals surface area (Å²) in [6.45, 7) is 8.55. The summed E-state index contributed by atoms with van der Waals surface area (Å²) in [6, 6.07) is -4.15. The van der Waals surface area contributed by atoms with Crippen LogP contribution in [0.3, 0.4) is 0 Å². The zero-order chi connectivity index (χ0) is 23.6. The van der Waals surface area contributed by atoms with Crippen molar-refractivity contribution in [2.75, 3.05) is 0 Å². The van der Waals surface area contributed by atoms with E-state index in [9.17, 15) is 29.1 Å². The standard InChI is InChI=1S/C19H35N5O6/c1-9(2)8-13(19(29)30)24-17(27)12(6-7-14(20)25)23-16(26)11(5)22-18(28)15(21)10(3)4/h9-13,15H,6-8,21H2,1-5H3,(H2,20,25)(H,22,28)(H,23,26)(H,24,27)(H,29,30). The number of hydrogen-bond donors (Lipinski definition) is 6. The number of aliphatic carboxylic acids is 1. The minimum absolute atomic E-state index is 0.00506. The Labute approximate surface area is 176 Å². The van der Waals surface area contributed by atoms with Crippen molar-refractivity contribution in [1.82, 2.24) is 16.0 Å². The zero-order valence-corrected chi connectivity index (χ0v) is 18.2. The number of rotatable bonds is 13. The Bertz CT molecular complexity index is 637. The third kappa shape index (κ3) is 10.2. The lowest BCUT2D eigenvalue weighted by Gasteiger charge is -2.24. The van der Waals surface area contributed by atoms with E-state index in [4.69, 9.17) is 11.5 Å². The van der Waals surface area contributed by atoms with Gasteiger partial charge in [0.05, 0.1) is 6.04 Å². The van der Waals surface area contributed by atoms with Gasteiger partial charge in [0.1, 0.15) is 18.1 Å². The fourth-order valence-electron chi connectivity index (χ4n) is 2.50. The van der Waals surface area contributed by atoms with Gasteiger partial charge in [0, 0.05) is 6.42 Å². The molecule has 0 spiro atoms. The predicted molar refractivity (Wildman–Crippen MR) is 110 cm³/mol. The summed E-state index contributed by atoms with van der Waals surface area (Å²) in [7, 11) is 0. The van der Waals surface area contributed by atoms with E-state index >= 15 is 0 Å². The van der Waals surface area contributed by atoms with E-state index in [2.05, 4.69) is 16.0 Å². The van der Waals surface area contributed by atoms with Crippen molar-refractivity contribution in [3.05, 3.63) is 0 Å². The molecule has 4 atom stereocenters. The number of primary amides is 1. The van der Waals surface area contributed by atoms with Crippen LogP contribution in [0, 0.1) is 11.8 Å². The van der Waals surface area contributed by atoms with E-state index in [-0.39, 0.29) is 31.1 Å². The fraction of sp³-hybridized carbons (Fsp3) is 0.737. The van der Waals surface area contributed by atoms with Gasteiger partial charge in [-0.15, -0.1) is 0 Å². The van der Waals surface area contributed by atoms with Crippen LogP contribution in [0.1, 0.15) is 53.9 Å². The molecule has 0 aliphatic heterocycles. The molecule has 0 rings (SSSR count). The van der Waals surface area contributed by atoms with Crippen molar-refractivity contribution in [3.63, 3.8) is 0 Å². The Morgan fingerprint density at radius 2 is 1.37 bits per heavy atom. The molecule has 0 radical (unpaired) electrons. The zero-order valence-electron chi connectivity index (χ0n) is 18.2. The highest BCUT2D eigenvalue weighted by Crippen LogP contribution is 2.07. The number of carboxylic acid groups (broad SMARTS) is 1. The lowest BCUT2D eigenvalue weighted by molar-refractivity contribution is -0.143. The molecular weight excluding hydrogens is 394 g/mol. The maximum Gasteiger partial charge on any atom is 0.326 e. The molecule has 11 nitrogen and oxygen atoms in total. The van der Waals surface area contributed by atoms with Gasteiger partial charge in [-0.1, -0.05) is 27.7 Å². The van der Waals surface area contributed by atoms with Gasteiger partial charge in [-0.2, -0.15) is 0 Å². The van der Waals surface area contributed by atoms with Crippen LogP contribution < -0.4 is 27.4 Å². The van der Waals surface area contributed by atoms with Gasteiger partial charge in [-0.05, 0) is 31.6 Å². The maximum absolute atomic E-state index is 12.6. The quantitative estimate of drug-likeness (QED) is 0.212. The molecule has 8 N–H and O–H groups in total. The Morgan fingerprint density at radius 3 is 1.80 bits per heavy atom.